The lowest BCUT2D eigenvalue weighted by molar-refractivity contribution is -0.137. The third-order valence-corrected chi connectivity index (χ3v) is 6.57. The van der Waals surface area contributed by atoms with Crippen LogP contribution >= 0.6 is 0 Å². The molecule has 1 unspecified atom stereocenters. The Balaban J connectivity index is 1.84. The molecule has 9 heteroatoms. The Labute approximate surface area is 209 Å². The van der Waals surface area contributed by atoms with Crippen molar-refractivity contribution in [3.05, 3.63) is 52.6 Å². The maximum absolute atomic E-state index is 14.0. The molecule has 0 spiro atoms. The predicted octanol–water partition coefficient (Wildman–Crippen LogP) is 3.90. The van der Waals surface area contributed by atoms with E-state index >= 15 is 0 Å². The highest BCUT2D eigenvalue weighted by Gasteiger charge is 2.29. The van der Waals surface area contributed by atoms with Crippen LogP contribution in [0.4, 0.5) is 10.1 Å². The summed E-state index contributed by atoms with van der Waals surface area (Å²) >= 11 is 0. The molecule has 3 aromatic rings. The fourth-order valence-corrected chi connectivity index (χ4v) is 4.83. The van der Waals surface area contributed by atoms with Crippen LogP contribution in [0, 0.1) is 11.2 Å². The monoisotopic (exact) mass is 496 g/mol. The van der Waals surface area contributed by atoms with E-state index in [4.69, 9.17) is 4.74 Å². The maximum Gasteiger partial charge on any atom is 0.323 e. The molecule has 0 bridgehead atoms. The summed E-state index contributed by atoms with van der Waals surface area (Å²) in [5.41, 5.74) is 1.31. The van der Waals surface area contributed by atoms with E-state index in [0.717, 1.165) is 42.7 Å². The number of carboxylic acid groups (broad SMARTS) is 1. The van der Waals surface area contributed by atoms with E-state index in [2.05, 4.69) is 36.0 Å². The van der Waals surface area contributed by atoms with E-state index in [1.807, 2.05) is 12.1 Å². The van der Waals surface area contributed by atoms with E-state index < -0.39 is 23.9 Å². The minimum absolute atomic E-state index is 0.0157. The number of carbonyl (C=O) groups is 1. The third-order valence-electron chi connectivity index (χ3n) is 6.57. The third kappa shape index (κ3) is 5.36. The van der Waals surface area contributed by atoms with Gasteiger partial charge in [-0.3, -0.25) is 14.2 Å². The maximum atomic E-state index is 14.0. The number of methoxy groups -OCH3 is 1. The van der Waals surface area contributed by atoms with Crippen molar-refractivity contribution in [1.29, 1.82) is 0 Å². The van der Waals surface area contributed by atoms with Crippen molar-refractivity contribution in [1.82, 2.24) is 14.9 Å². The summed E-state index contributed by atoms with van der Waals surface area (Å²) < 4.78 is 20.2. The number of nitrogens with one attached hydrogen (secondary N) is 1. The van der Waals surface area contributed by atoms with Gasteiger partial charge in [-0.25, -0.2) is 9.37 Å². The van der Waals surface area contributed by atoms with Crippen LogP contribution in [-0.2, 0) is 11.3 Å². The first-order chi connectivity index (χ1) is 17.1. The first kappa shape index (κ1) is 25.6. The van der Waals surface area contributed by atoms with Gasteiger partial charge in [0.15, 0.2) is 11.6 Å². The average molecular weight is 497 g/mol. The van der Waals surface area contributed by atoms with Crippen molar-refractivity contribution < 1.29 is 19.0 Å². The summed E-state index contributed by atoms with van der Waals surface area (Å²) in [4.78, 5) is 32.2. The van der Waals surface area contributed by atoms with Crippen LogP contribution in [0.3, 0.4) is 0 Å². The first-order valence-electron chi connectivity index (χ1n) is 12.2. The van der Waals surface area contributed by atoms with Gasteiger partial charge < -0.3 is 20.1 Å². The molecule has 1 aromatic heterocycles. The summed E-state index contributed by atoms with van der Waals surface area (Å²) in [6.45, 7) is 8.56. The number of ether oxygens (including phenoxy) is 1. The number of aromatic nitrogens is 2. The highest BCUT2D eigenvalue weighted by Crippen LogP contribution is 2.29. The quantitative estimate of drug-likeness (QED) is 0.512. The second-order valence-corrected chi connectivity index (χ2v) is 10.2. The van der Waals surface area contributed by atoms with Crippen molar-refractivity contribution in [2.45, 2.75) is 46.2 Å². The highest BCUT2D eigenvalue weighted by atomic mass is 19.1. The van der Waals surface area contributed by atoms with Crippen LogP contribution in [0.5, 0.6) is 5.75 Å². The van der Waals surface area contributed by atoms with Crippen molar-refractivity contribution in [3.8, 4) is 17.1 Å². The number of fused-ring (bicyclic) bond motifs is 1. The molecule has 4 rings (SSSR count). The lowest BCUT2D eigenvalue weighted by atomic mass is 9.93. The number of hydrogen-bond acceptors (Lipinski definition) is 6. The van der Waals surface area contributed by atoms with Gasteiger partial charge in [-0.15, -0.1) is 0 Å². The summed E-state index contributed by atoms with van der Waals surface area (Å²) in [7, 11) is 1.34. The molecule has 1 aliphatic rings. The number of rotatable bonds is 7. The molecule has 0 saturated carbocycles. The molecule has 0 radical (unpaired) electrons. The fraction of sp³-hybridized carbons (Fsp3) is 0.444. The molecule has 0 amide bonds. The summed E-state index contributed by atoms with van der Waals surface area (Å²) in [5, 5.41) is 13.5. The molecule has 1 saturated heterocycles. The molecule has 2 N–H and O–H groups in total. The van der Waals surface area contributed by atoms with Crippen LogP contribution in [0.2, 0.25) is 0 Å². The molecule has 36 heavy (non-hydrogen) atoms. The number of nitrogens with zero attached hydrogens (tertiary/aromatic N) is 3. The predicted molar refractivity (Wildman–Crippen MR) is 138 cm³/mol. The average Bonchev–Trinajstić information content (AvgIpc) is 2.99. The van der Waals surface area contributed by atoms with E-state index in [9.17, 15) is 19.1 Å². The van der Waals surface area contributed by atoms with Crippen LogP contribution in [0.1, 0.15) is 33.6 Å². The SMILES string of the molecule is CCCC1CN(c2ccc3nc(-c4ccc(F)c(OC)c4)n(CC(=O)O)c(=O)c3c2)CC(C)(C)CN1. The topological polar surface area (TPSA) is 96.7 Å². The van der Waals surface area contributed by atoms with Gasteiger partial charge in [0.05, 0.1) is 18.0 Å². The number of carboxylic acids is 1. The zero-order valence-corrected chi connectivity index (χ0v) is 21.2. The van der Waals surface area contributed by atoms with E-state index in [1.54, 1.807) is 6.07 Å². The molecule has 1 fully saturated rings. The van der Waals surface area contributed by atoms with Crippen molar-refractivity contribution >= 4 is 22.6 Å². The normalized spacial score (nSPS) is 17.7. The van der Waals surface area contributed by atoms with Crippen molar-refractivity contribution in [2.75, 3.05) is 31.6 Å². The smallest absolute Gasteiger partial charge is 0.323 e. The Hall–Kier alpha value is -3.46. The second-order valence-electron chi connectivity index (χ2n) is 10.2. The molecular weight excluding hydrogens is 463 g/mol. The Kier molecular flexibility index (Phi) is 7.31. The number of halogens is 1. The van der Waals surface area contributed by atoms with Crippen molar-refractivity contribution in [3.63, 3.8) is 0 Å². The van der Waals surface area contributed by atoms with E-state index in [1.165, 1.54) is 25.3 Å². The number of benzene rings is 2. The second kappa shape index (κ2) is 10.3. The van der Waals surface area contributed by atoms with Gasteiger partial charge in [0, 0.05) is 36.9 Å². The summed E-state index contributed by atoms with van der Waals surface area (Å²) in [6.07, 6.45) is 2.13. The fourth-order valence-electron chi connectivity index (χ4n) is 4.83. The van der Waals surface area contributed by atoms with Gasteiger partial charge in [0.25, 0.3) is 5.56 Å². The highest BCUT2D eigenvalue weighted by molar-refractivity contribution is 5.84. The van der Waals surface area contributed by atoms with Gasteiger partial charge in [0.1, 0.15) is 12.4 Å². The van der Waals surface area contributed by atoms with Gasteiger partial charge in [-0.05, 0) is 48.2 Å². The summed E-state index contributed by atoms with van der Waals surface area (Å²) in [6, 6.07) is 9.97. The summed E-state index contributed by atoms with van der Waals surface area (Å²) in [5.74, 6) is -1.61. The number of anilines is 1. The largest absolute Gasteiger partial charge is 0.494 e. The molecular formula is C27H33FN4O4. The zero-order valence-electron chi connectivity index (χ0n) is 21.2. The first-order valence-corrected chi connectivity index (χ1v) is 12.2. The zero-order chi connectivity index (χ0) is 26.0. The lowest BCUT2D eigenvalue weighted by Gasteiger charge is -2.31. The minimum atomic E-state index is -1.17. The van der Waals surface area contributed by atoms with E-state index in [-0.39, 0.29) is 17.0 Å². The molecule has 2 aromatic carbocycles. The number of hydrogen-bond donors (Lipinski definition) is 2. The molecule has 1 aliphatic heterocycles. The van der Waals surface area contributed by atoms with Gasteiger partial charge in [-0.2, -0.15) is 0 Å². The van der Waals surface area contributed by atoms with E-state index in [0.29, 0.717) is 22.5 Å². The Morgan fingerprint density at radius 3 is 2.75 bits per heavy atom. The van der Waals surface area contributed by atoms with Crippen LogP contribution in [0.25, 0.3) is 22.3 Å². The molecule has 192 valence electrons. The Morgan fingerprint density at radius 1 is 1.28 bits per heavy atom. The lowest BCUT2D eigenvalue weighted by Crippen LogP contribution is -2.37. The Bertz CT molecular complexity index is 1340. The van der Waals surface area contributed by atoms with Gasteiger partial charge in [0.2, 0.25) is 0 Å². The standard InChI is InChI=1S/C27H33FN4O4/c1-5-6-18-13-31(16-27(2,3)15-29-18)19-8-10-22-20(12-19)26(35)32(14-24(33)34)25(30-22)17-7-9-21(28)23(11-17)36-4/h7-12,18,29H,5-6,13-16H2,1-4H3,(H,33,34). The molecule has 8 nitrogen and oxygen atoms in total. The van der Waals surface area contributed by atoms with Crippen LogP contribution in [0.15, 0.2) is 41.2 Å². The van der Waals surface area contributed by atoms with Crippen LogP contribution < -0.4 is 20.5 Å². The van der Waals surface area contributed by atoms with Crippen LogP contribution in [-0.4, -0.2) is 53.4 Å². The Morgan fingerprint density at radius 2 is 2.06 bits per heavy atom. The molecule has 2 heterocycles. The molecule has 0 aliphatic carbocycles. The van der Waals surface area contributed by atoms with Gasteiger partial charge >= 0.3 is 5.97 Å². The number of aliphatic carboxylic acids is 1. The van der Waals surface area contributed by atoms with Crippen molar-refractivity contribution in [2.24, 2.45) is 5.41 Å². The minimum Gasteiger partial charge on any atom is -0.494 e. The van der Waals surface area contributed by atoms with Gasteiger partial charge in [-0.1, -0.05) is 27.2 Å². The molecule has 1 atom stereocenters.